The van der Waals surface area contributed by atoms with E-state index in [4.69, 9.17) is 17.0 Å². The van der Waals surface area contributed by atoms with Crippen molar-refractivity contribution < 1.29 is 9.59 Å². The van der Waals surface area contributed by atoms with E-state index < -0.39 is 5.54 Å². The van der Waals surface area contributed by atoms with Crippen LogP contribution in [0, 0.1) is 11.3 Å². The zero-order valence-electron chi connectivity index (χ0n) is 21.4. The first kappa shape index (κ1) is 25.8. The number of urea groups is 1. The summed E-state index contributed by atoms with van der Waals surface area (Å²) in [7, 11) is 0. The lowest BCUT2D eigenvalue weighted by atomic mass is 9.89. The van der Waals surface area contributed by atoms with Crippen molar-refractivity contribution in [3.63, 3.8) is 0 Å². The Morgan fingerprint density at radius 1 is 1.08 bits per heavy atom. The number of guanidine groups is 1. The summed E-state index contributed by atoms with van der Waals surface area (Å²) in [4.78, 5) is 29.6. The van der Waals surface area contributed by atoms with E-state index in [0.717, 1.165) is 29.5 Å². The Balaban J connectivity index is 1.20. The molecule has 0 aliphatic carbocycles. The number of carbonyl (C=O) groups excluding carboxylic acids is 2. The lowest BCUT2D eigenvalue weighted by Crippen LogP contribution is -2.42. The van der Waals surface area contributed by atoms with E-state index in [2.05, 4.69) is 22.8 Å². The minimum absolute atomic E-state index is 0.0768. The Labute approximate surface area is 228 Å². The van der Waals surface area contributed by atoms with Crippen LogP contribution in [0.2, 0.25) is 5.02 Å². The third-order valence-corrected chi connectivity index (χ3v) is 7.69. The maximum Gasteiger partial charge on any atom is 0.317 e. The van der Waals surface area contributed by atoms with Gasteiger partial charge in [-0.25, -0.2) is 4.79 Å². The molecule has 3 N–H and O–H groups in total. The molecule has 1 unspecified atom stereocenters. The summed E-state index contributed by atoms with van der Waals surface area (Å²) in [6.07, 6.45) is 1.58. The van der Waals surface area contributed by atoms with Gasteiger partial charge in [0.15, 0.2) is 5.96 Å². The van der Waals surface area contributed by atoms with Crippen molar-refractivity contribution in [3.05, 3.63) is 95.0 Å². The summed E-state index contributed by atoms with van der Waals surface area (Å²) >= 11 is 6.18. The molecular formula is C30H32ClN5O2. The van der Waals surface area contributed by atoms with Gasteiger partial charge in [-0.2, -0.15) is 0 Å². The van der Waals surface area contributed by atoms with Crippen LogP contribution in [-0.2, 0) is 16.8 Å². The first-order valence-corrected chi connectivity index (χ1v) is 13.3. The summed E-state index contributed by atoms with van der Waals surface area (Å²) in [5, 5.41) is 15.3. The Morgan fingerprint density at radius 3 is 2.58 bits per heavy atom. The van der Waals surface area contributed by atoms with Gasteiger partial charge < -0.3 is 15.5 Å². The minimum Gasteiger partial charge on any atom is -0.338 e. The summed E-state index contributed by atoms with van der Waals surface area (Å²) in [6, 6.07) is 25.4. The van der Waals surface area contributed by atoms with Crippen molar-refractivity contribution >= 4 is 29.5 Å². The van der Waals surface area contributed by atoms with Gasteiger partial charge in [0.25, 0.3) is 5.91 Å². The molecule has 5 rings (SSSR count). The number of amides is 3. The number of nitrogens with zero attached hydrogens (tertiary/aromatic N) is 2. The predicted octanol–water partition coefficient (Wildman–Crippen LogP) is 4.86. The van der Waals surface area contributed by atoms with Crippen molar-refractivity contribution in [2.75, 3.05) is 26.2 Å². The molecule has 3 aromatic carbocycles. The second kappa shape index (κ2) is 10.9. The van der Waals surface area contributed by atoms with Crippen LogP contribution in [0.5, 0.6) is 0 Å². The second-order valence-corrected chi connectivity index (χ2v) is 10.6. The van der Waals surface area contributed by atoms with Gasteiger partial charge in [-0.05, 0) is 66.1 Å². The fourth-order valence-electron chi connectivity index (χ4n) is 5.27. The smallest absolute Gasteiger partial charge is 0.317 e. The molecule has 196 valence electrons. The molecule has 2 atom stereocenters. The van der Waals surface area contributed by atoms with Crippen LogP contribution < -0.4 is 10.6 Å². The van der Waals surface area contributed by atoms with Crippen LogP contribution in [0.1, 0.15) is 24.5 Å². The SMILES string of the molecule is CC1(c2cccc(-c3cccc(Cl)c3)c2)NC(=N)N(C[C@H]2CCN(C(=O)NCCc3ccccc3)C2)C1=O. The molecular weight excluding hydrogens is 498 g/mol. The highest BCUT2D eigenvalue weighted by atomic mass is 35.5. The maximum atomic E-state index is 13.6. The standard InChI is InChI=1S/C30H32ClN5O2/c1-30(25-11-5-9-23(17-25)24-10-6-12-26(31)18-24)27(37)36(28(32)34-30)20-22-14-16-35(19-22)29(38)33-15-13-21-7-3-2-4-8-21/h2-12,17-18,22H,13-16,19-20H2,1H3,(H2,32,34)(H,33,38)/t22-,30?/m0/s1. The number of hydrogen-bond donors (Lipinski definition) is 3. The quantitative estimate of drug-likeness (QED) is 0.408. The molecule has 2 saturated heterocycles. The number of hydrogen-bond acceptors (Lipinski definition) is 3. The normalized spacial score (nSPS) is 21.1. The fraction of sp³-hybridized carbons (Fsp3) is 0.300. The fourth-order valence-corrected chi connectivity index (χ4v) is 5.46. The Kier molecular flexibility index (Phi) is 7.38. The molecule has 2 fully saturated rings. The molecule has 2 aliphatic rings. The van der Waals surface area contributed by atoms with E-state index in [1.54, 1.807) is 4.90 Å². The predicted molar refractivity (Wildman–Crippen MR) is 150 cm³/mol. The average Bonchev–Trinajstić information content (AvgIpc) is 3.48. The molecule has 0 aromatic heterocycles. The van der Waals surface area contributed by atoms with Crippen LogP contribution in [0.4, 0.5) is 4.79 Å². The molecule has 0 radical (unpaired) electrons. The molecule has 2 heterocycles. The minimum atomic E-state index is -1.04. The number of halogens is 1. The summed E-state index contributed by atoms with van der Waals surface area (Å²) in [5.74, 6) is 0.0500. The number of benzene rings is 3. The molecule has 8 heteroatoms. The Hall–Kier alpha value is -3.84. The molecule has 38 heavy (non-hydrogen) atoms. The van der Waals surface area contributed by atoms with Crippen molar-refractivity contribution in [3.8, 4) is 11.1 Å². The van der Waals surface area contributed by atoms with Crippen molar-refractivity contribution in [2.45, 2.75) is 25.3 Å². The zero-order valence-corrected chi connectivity index (χ0v) is 22.2. The average molecular weight is 530 g/mol. The lowest BCUT2D eigenvalue weighted by Gasteiger charge is -2.24. The molecule has 3 amide bonds. The lowest BCUT2D eigenvalue weighted by molar-refractivity contribution is -0.131. The van der Waals surface area contributed by atoms with Gasteiger partial charge in [0.2, 0.25) is 0 Å². The van der Waals surface area contributed by atoms with Crippen molar-refractivity contribution in [1.29, 1.82) is 5.41 Å². The highest BCUT2D eigenvalue weighted by molar-refractivity contribution is 6.30. The Morgan fingerprint density at radius 2 is 1.82 bits per heavy atom. The number of rotatable bonds is 7. The molecule has 0 spiro atoms. The van der Waals surface area contributed by atoms with E-state index in [-0.39, 0.29) is 23.8 Å². The molecule has 3 aromatic rings. The van der Waals surface area contributed by atoms with Crippen molar-refractivity contribution in [2.24, 2.45) is 5.92 Å². The maximum absolute atomic E-state index is 13.6. The van der Waals surface area contributed by atoms with E-state index in [0.29, 0.717) is 31.2 Å². The van der Waals surface area contributed by atoms with E-state index in [1.165, 1.54) is 10.5 Å². The summed E-state index contributed by atoms with van der Waals surface area (Å²) in [6.45, 7) is 4.01. The van der Waals surface area contributed by atoms with E-state index >= 15 is 0 Å². The van der Waals surface area contributed by atoms with Crippen LogP contribution >= 0.6 is 11.6 Å². The van der Waals surface area contributed by atoms with E-state index in [9.17, 15) is 9.59 Å². The Bertz CT molecular complexity index is 1350. The topological polar surface area (TPSA) is 88.5 Å². The summed E-state index contributed by atoms with van der Waals surface area (Å²) < 4.78 is 0. The van der Waals surface area contributed by atoms with Gasteiger partial charge in [-0.15, -0.1) is 0 Å². The van der Waals surface area contributed by atoms with Crippen LogP contribution in [0.3, 0.4) is 0 Å². The third-order valence-electron chi connectivity index (χ3n) is 7.46. The highest BCUT2D eigenvalue weighted by Gasteiger charge is 2.48. The monoisotopic (exact) mass is 529 g/mol. The first-order valence-electron chi connectivity index (χ1n) is 13.0. The largest absolute Gasteiger partial charge is 0.338 e. The van der Waals surface area contributed by atoms with Gasteiger partial charge >= 0.3 is 6.03 Å². The van der Waals surface area contributed by atoms with Gasteiger partial charge in [-0.1, -0.05) is 72.3 Å². The summed E-state index contributed by atoms with van der Waals surface area (Å²) in [5.41, 5.74) is 2.85. The van der Waals surface area contributed by atoms with Crippen LogP contribution in [0.15, 0.2) is 78.9 Å². The number of nitrogens with one attached hydrogen (secondary N) is 3. The van der Waals surface area contributed by atoms with Gasteiger partial charge in [0.1, 0.15) is 5.54 Å². The molecule has 7 nitrogen and oxygen atoms in total. The van der Waals surface area contributed by atoms with Crippen LogP contribution in [-0.4, -0.2) is 53.9 Å². The van der Waals surface area contributed by atoms with Crippen molar-refractivity contribution in [1.82, 2.24) is 20.4 Å². The first-order chi connectivity index (χ1) is 18.3. The zero-order chi connectivity index (χ0) is 26.7. The van der Waals surface area contributed by atoms with Gasteiger partial charge in [-0.3, -0.25) is 15.1 Å². The number of carbonyl (C=O) groups is 2. The highest BCUT2D eigenvalue weighted by Crippen LogP contribution is 2.33. The molecule has 0 saturated carbocycles. The van der Waals surface area contributed by atoms with Crippen LogP contribution in [0.25, 0.3) is 11.1 Å². The molecule has 2 aliphatic heterocycles. The van der Waals surface area contributed by atoms with Gasteiger partial charge in [0.05, 0.1) is 0 Å². The van der Waals surface area contributed by atoms with E-state index in [1.807, 2.05) is 73.7 Å². The second-order valence-electron chi connectivity index (χ2n) is 10.2. The number of likely N-dealkylation sites (tertiary alicyclic amines) is 1. The molecule has 0 bridgehead atoms. The third kappa shape index (κ3) is 5.38. The van der Waals surface area contributed by atoms with Gasteiger partial charge in [0, 0.05) is 31.2 Å².